The first-order valence-electron chi connectivity index (χ1n) is 10.3. The van der Waals surface area contributed by atoms with Crippen LogP contribution in [0.5, 0.6) is 5.75 Å². The zero-order valence-electron chi connectivity index (χ0n) is 17.7. The fraction of sp³-hybridized carbons (Fsp3) is 0.364. The molecule has 32 heavy (non-hydrogen) atoms. The first-order chi connectivity index (χ1) is 15.3. The van der Waals surface area contributed by atoms with E-state index in [4.69, 9.17) is 16.3 Å². The lowest BCUT2D eigenvalue weighted by atomic mass is 10.0. The van der Waals surface area contributed by atoms with Crippen molar-refractivity contribution in [2.24, 2.45) is 0 Å². The molecule has 0 radical (unpaired) electrons. The van der Waals surface area contributed by atoms with Gasteiger partial charge in [0.25, 0.3) is 0 Å². The summed E-state index contributed by atoms with van der Waals surface area (Å²) in [6.45, 7) is 0.601. The number of hydrogen-bond donors (Lipinski definition) is 2. The molecular formula is C22H26ClN3O5S. The highest BCUT2D eigenvalue weighted by Gasteiger charge is 2.33. The fourth-order valence-corrected chi connectivity index (χ4v) is 5.56. The van der Waals surface area contributed by atoms with Crippen LogP contribution in [0.3, 0.4) is 0 Å². The lowest BCUT2D eigenvalue weighted by molar-refractivity contribution is -0.136. The minimum atomic E-state index is -3.67. The summed E-state index contributed by atoms with van der Waals surface area (Å²) in [4.78, 5) is 24.4. The molecule has 1 aliphatic heterocycles. The first kappa shape index (κ1) is 24.0. The highest BCUT2D eigenvalue weighted by atomic mass is 35.5. The predicted molar refractivity (Wildman–Crippen MR) is 122 cm³/mol. The second-order valence-corrected chi connectivity index (χ2v) is 9.78. The molecule has 0 spiro atoms. The number of amides is 2. The van der Waals surface area contributed by atoms with E-state index in [1.807, 2.05) is 0 Å². The molecule has 1 saturated heterocycles. The summed E-state index contributed by atoms with van der Waals surface area (Å²) in [5.74, 6) is -1.01. The van der Waals surface area contributed by atoms with Gasteiger partial charge in [-0.15, -0.1) is 0 Å². The molecule has 172 valence electrons. The van der Waals surface area contributed by atoms with Gasteiger partial charge in [-0.2, -0.15) is 4.31 Å². The standard InChI is InChI=1S/C22H26ClN3O5S/c1-31-19-8-10-20(11-9-19)32(29,30)26-14-3-2-7-18(26)12-13-24-21(27)22(28)25-17-6-4-5-16(23)15-17/h4-6,8-11,15,18H,2-3,7,12-14H2,1H3,(H,24,27)(H,25,28)/t18-/m1/s1. The minimum absolute atomic E-state index is 0.182. The summed E-state index contributed by atoms with van der Waals surface area (Å²) in [6.07, 6.45) is 2.79. The maximum absolute atomic E-state index is 13.2. The van der Waals surface area contributed by atoms with E-state index < -0.39 is 21.8 Å². The van der Waals surface area contributed by atoms with Crippen LogP contribution in [0, 0.1) is 0 Å². The van der Waals surface area contributed by atoms with Crippen LogP contribution in [-0.4, -0.2) is 50.8 Å². The molecule has 2 aromatic carbocycles. The van der Waals surface area contributed by atoms with Crippen LogP contribution in [0.1, 0.15) is 25.7 Å². The number of nitrogens with zero attached hydrogens (tertiary/aromatic N) is 1. The van der Waals surface area contributed by atoms with Gasteiger partial charge in [0.2, 0.25) is 10.0 Å². The Hall–Kier alpha value is -2.62. The van der Waals surface area contributed by atoms with Crippen LogP contribution in [0.25, 0.3) is 0 Å². The highest BCUT2D eigenvalue weighted by molar-refractivity contribution is 7.89. The summed E-state index contributed by atoms with van der Waals surface area (Å²) in [7, 11) is -2.15. The molecule has 1 aliphatic rings. The van der Waals surface area contributed by atoms with Crippen molar-refractivity contribution < 1.29 is 22.7 Å². The van der Waals surface area contributed by atoms with E-state index in [9.17, 15) is 18.0 Å². The van der Waals surface area contributed by atoms with Crippen molar-refractivity contribution in [2.45, 2.75) is 36.6 Å². The van der Waals surface area contributed by atoms with Gasteiger partial charge in [0.05, 0.1) is 12.0 Å². The van der Waals surface area contributed by atoms with Gasteiger partial charge in [-0.25, -0.2) is 8.42 Å². The van der Waals surface area contributed by atoms with Crippen molar-refractivity contribution in [3.63, 3.8) is 0 Å². The molecule has 8 nitrogen and oxygen atoms in total. The molecule has 1 atom stereocenters. The van der Waals surface area contributed by atoms with Gasteiger partial charge < -0.3 is 15.4 Å². The van der Waals surface area contributed by atoms with Crippen LogP contribution < -0.4 is 15.4 Å². The van der Waals surface area contributed by atoms with Gasteiger partial charge in [-0.3, -0.25) is 9.59 Å². The highest BCUT2D eigenvalue weighted by Crippen LogP contribution is 2.28. The number of piperidine rings is 1. The van der Waals surface area contributed by atoms with Gasteiger partial charge in [-0.1, -0.05) is 24.1 Å². The van der Waals surface area contributed by atoms with Gasteiger partial charge >= 0.3 is 11.8 Å². The van der Waals surface area contributed by atoms with E-state index in [0.29, 0.717) is 35.8 Å². The average molecular weight is 480 g/mol. The SMILES string of the molecule is COc1ccc(S(=O)(=O)N2CCCC[C@@H]2CCNC(=O)C(=O)Nc2cccc(Cl)c2)cc1. The normalized spacial score (nSPS) is 16.9. The molecule has 3 rings (SSSR count). The van der Waals surface area contributed by atoms with E-state index in [1.165, 1.54) is 29.6 Å². The summed E-state index contributed by atoms with van der Waals surface area (Å²) < 4.78 is 32.9. The lowest BCUT2D eigenvalue weighted by Crippen LogP contribution is -2.45. The number of rotatable bonds is 7. The van der Waals surface area contributed by atoms with Crippen molar-refractivity contribution in [3.05, 3.63) is 53.6 Å². The number of hydrogen-bond acceptors (Lipinski definition) is 5. The largest absolute Gasteiger partial charge is 0.497 e. The maximum atomic E-state index is 13.2. The van der Waals surface area contributed by atoms with Gasteiger partial charge in [0.1, 0.15) is 5.75 Å². The number of methoxy groups -OCH3 is 1. The number of anilines is 1. The van der Waals surface area contributed by atoms with E-state index in [1.54, 1.807) is 30.3 Å². The molecule has 1 fully saturated rings. The second kappa shape index (κ2) is 10.8. The second-order valence-electron chi connectivity index (χ2n) is 7.45. The molecule has 0 aliphatic carbocycles. The lowest BCUT2D eigenvalue weighted by Gasteiger charge is -2.34. The topological polar surface area (TPSA) is 105 Å². The van der Waals surface area contributed by atoms with E-state index in [2.05, 4.69) is 10.6 Å². The molecule has 2 aromatic rings. The van der Waals surface area contributed by atoms with Crippen LogP contribution in [0.15, 0.2) is 53.4 Å². The Morgan fingerprint density at radius 3 is 2.56 bits per heavy atom. The Morgan fingerprint density at radius 2 is 1.88 bits per heavy atom. The number of ether oxygens (including phenoxy) is 1. The van der Waals surface area contributed by atoms with E-state index >= 15 is 0 Å². The Labute approximate surface area is 192 Å². The quantitative estimate of drug-likeness (QED) is 0.594. The zero-order chi connectivity index (χ0) is 23.1. The number of nitrogens with one attached hydrogen (secondary N) is 2. The van der Waals surface area contributed by atoms with Crippen molar-refractivity contribution >= 4 is 39.1 Å². The first-order valence-corrected chi connectivity index (χ1v) is 12.1. The molecule has 1 heterocycles. The average Bonchev–Trinajstić information content (AvgIpc) is 2.79. The molecule has 2 N–H and O–H groups in total. The number of halogens is 1. The fourth-order valence-electron chi connectivity index (χ4n) is 3.65. The van der Waals surface area contributed by atoms with Crippen LogP contribution in [0.2, 0.25) is 5.02 Å². The number of sulfonamides is 1. The zero-order valence-corrected chi connectivity index (χ0v) is 19.3. The van der Waals surface area contributed by atoms with Crippen molar-refractivity contribution in [1.82, 2.24) is 9.62 Å². The summed E-state index contributed by atoms with van der Waals surface area (Å²) >= 11 is 5.88. The maximum Gasteiger partial charge on any atom is 0.313 e. The predicted octanol–water partition coefficient (Wildman–Crippen LogP) is 3.04. The number of benzene rings is 2. The Kier molecular flexibility index (Phi) is 8.11. The molecule has 0 saturated carbocycles. The monoisotopic (exact) mass is 479 g/mol. The van der Waals surface area contributed by atoms with Crippen molar-refractivity contribution in [3.8, 4) is 5.75 Å². The molecule has 0 aromatic heterocycles. The summed E-state index contributed by atoms with van der Waals surface area (Å²) in [6, 6.07) is 12.5. The molecule has 2 amide bonds. The molecule has 0 unspecified atom stereocenters. The number of carbonyl (C=O) groups excluding carboxylic acids is 2. The van der Waals surface area contributed by atoms with Crippen LogP contribution in [-0.2, 0) is 19.6 Å². The van der Waals surface area contributed by atoms with Gasteiger partial charge in [0.15, 0.2) is 0 Å². The Bertz CT molecular complexity index is 1060. The molecular weight excluding hydrogens is 454 g/mol. The number of carbonyl (C=O) groups is 2. The molecule has 0 bridgehead atoms. The van der Waals surface area contributed by atoms with Crippen molar-refractivity contribution in [1.29, 1.82) is 0 Å². The van der Waals surface area contributed by atoms with E-state index in [-0.39, 0.29) is 17.5 Å². The third-order valence-corrected chi connectivity index (χ3v) is 7.49. The Balaban J connectivity index is 1.57. The smallest absolute Gasteiger partial charge is 0.313 e. The van der Waals surface area contributed by atoms with Gasteiger partial charge in [-0.05, 0) is 61.7 Å². The minimum Gasteiger partial charge on any atom is -0.497 e. The summed E-state index contributed by atoms with van der Waals surface area (Å²) in [5, 5.41) is 5.50. The van der Waals surface area contributed by atoms with Crippen LogP contribution >= 0.6 is 11.6 Å². The molecule has 10 heteroatoms. The summed E-state index contributed by atoms with van der Waals surface area (Å²) in [5.41, 5.74) is 0.418. The van der Waals surface area contributed by atoms with E-state index in [0.717, 1.165) is 12.8 Å². The van der Waals surface area contributed by atoms with Crippen molar-refractivity contribution in [2.75, 3.05) is 25.5 Å². The Morgan fingerprint density at radius 1 is 1.12 bits per heavy atom. The van der Waals surface area contributed by atoms with Gasteiger partial charge in [0, 0.05) is 29.8 Å². The van der Waals surface area contributed by atoms with Crippen LogP contribution in [0.4, 0.5) is 5.69 Å². The third kappa shape index (κ3) is 5.99. The third-order valence-electron chi connectivity index (χ3n) is 5.29.